The first-order chi connectivity index (χ1) is 18.4. The Morgan fingerprint density at radius 1 is 0.553 bits per heavy atom. The second-order valence-corrected chi connectivity index (χ2v) is 13.8. The molecule has 0 saturated carbocycles. The molecule has 0 atom stereocenters. The molecule has 0 unspecified atom stereocenters. The zero-order chi connectivity index (χ0) is 27.3. The van der Waals surface area contributed by atoms with Crippen LogP contribution in [0.5, 0.6) is 23.0 Å². The van der Waals surface area contributed by atoms with Crippen LogP contribution in [0.1, 0.15) is 13.3 Å². The van der Waals surface area contributed by atoms with Crippen molar-refractivity contribution in [2.75, 3.05) is 0 Å². The van der Waals surface area contributed by atoms with Gasteiger partial charge in [-0.05, 0) is 55.0 Å². The van der Waals surface area contributed by atoms with Gasteiger partial charge in [0, 0.05) is 0 Å². The minimum atomic E-state index is -4.18. The fourth-order valence-corrected chi connectivity index (χ4v) is 8.48. The molecule has 0 fully saturated rings. The van der Waals surface area contributed by atoms with E-state index in [9.17, 15) is 9.13 Å². The third-order valence-corrected chi connectivity index (χ3v) is 10.7. The van der Waals surface area contributed by atoms with Gasteiger partial charge in [0.2, 0.25) is 5.40 Å². The number of hydrogen-bond donors (Lipinski definition) is 0. The summed E-state index contributed by atoms with van der Waals surface area (Å²) in [6, 6.07) is 34.6. The van der Waals surface area contributed by atoms with E-state index in [2.05, 4.69) is 0 Å². The number of benzene rings is 4. The molecular formula is C27H26Cl2NiO6P2. The van der Waals surface area contributed by atoms with Crippen molar-refractivity contribution in [3.8, 4) is 23.0 Å². The zero-order valence-electron chi connectivity index (χ0n) is 20.2. The molecule has 6 nitrogen and oxygen atoms in total. The zero-order valence-corrected chi connectivity index (χ0v) is 24.5. The van der Waals surface area contributed by atoms with Crippen molar-refractivity contribution in [1.29, 1.82) is 0 Å². The summed E-state index contributed by atoms with van der Waals surface area (Å²) in [5, 5.41) is -1.24. The molecule has 0 saturated heterocycles. The van der Waals surface area contributed by atoms with E-state index in [0.29, 0.717) is 35.7 Å². The van der Waals surface area contributed by atoms with Gasteiger partial charge in [-0.3, -0.25) is 0 Å². The molecule has 11 heteroatoms. The van der Waals surface area contributed by atoms with Crippen LogP contribution >= 0.6 is 35.6 Å². The van der Waals surface area contributed by atoms with E-state index in [1.807, 2.05) is 24.3 Å². The molecule has 0 amide bonds. The summed E-state index contributed by atoms with van der Waals surface area (Å²) in [6.45, 7) is 1.75. The van der Waals surface area contributed by atoms with Gasteiger partial charge in [-0.25, -0.2) is 9.13 Å². The standard InChI is InChI=1S/C27H26O6P2.2ClH.Ni/c1-2-27(34(28,30-23-15-7-3-8-16-23)31-24-17-9-4-10-18-24)35(29,32-25-19-11-5-12-20-25)33-26-21-13-6-14-22-26;;;/h3-22,27H,2H2,1H3;2*1H;/q;;;+2/p-2. The summed E-state index contributed by atoms with van der Waals surface area (Å²) in [6.07, 6.45) is 0.133. The van der Waals surface area contributed by atoms with Gasteiger partial charge in [-0.15, -0.1) is 0 Å². The minimum absolute atomic E-state index is 0.133. The molecule has 4 aromatic carbocycles. The second-order valence-electron chi connectivity index (χ2n) is 7.63. The first kappa shape index (κ1) is 30.2. The van der Waals surface area contributed by atoms with Crippen LogP contribution in [-0.4, -0.2) is 5.40 Å². The molecule has 0 aromatic heterocycles. The predicted molar refractivity (Wildman–Crippen MR) is 149 cm³/mol. The van der Waals surface area contributed by atoms with Crippen molar-refractivity contribution in [3.63, 3.8) is 0 Å². The second kappa shape index (κ2) is 15.3. The summed E-state index contributed by atoms with van der Waals surface area (Å²) in [4.78, 5) is 0. The SMILES string of the molecule is CCC(P(=O)(Oc1ccccc1)Oc1ccccc1)P(=O)(Oc1ccccc1)Oc1ccccc1.[Cl][Ni][Cl]. The summed E-state index contributed by atoms with van der Waals surface area (Å²) >= 11 is 0.569. The van der Waals surface area contributed by atoms with Crippen molar-refractivity contribution in [2.24, 2.45) is 0 Å². The third-order valence-electron chi connectivity index (χ3n) is 5.00. The van der Waals surface area contributed by atoms with Gasteiger partial charge in [-0.1, -0.05) is 79.7 Å². The van der Waals surface area contributed by atoms with Gasteiger partial charge in [0.25, 0.3) is 0 Å². The number of halogens is 2. The molecular weight excluding hydrogens is 612 g/mol. The molecule has 0 aliphatic heterocycles. The number of para-hydroxylation sites is 4. The molecule has 0 aliphatic rings. The van der Waals surface area contributed by atoms with E-state index >= 15 is 0 Å². The van der Waals surface area contributed by atoms with E-state index in [1.54, 1.807) is 104 Å². The topological polar surface area (TPSA) is 71.1 Å². The molecule has 4 rings (SSSR count). The molecule has 0 heterocycles. The molecule has 204 valence electrons. The molecule has 4 aromatic rings. The molecule has 0 N–H and O–H groups in total. The van der Waals surface area contributed by atoms with Crippen LogP contribution in [0.15, 0.2) is 121 Å². The first-order valence-corrected chi connectivity index (χ1v) is 17.4. The third kappa shape index (κ3) is 8.84. The maximum absolute atomic E-state index is 14.5. The summed E-state index contributed by atoms with van der Waals surface area (Å²) in [5.41, 5.74) is 0. The Morgan fingerprint density at radius 2 is 0.763 bits per heavy atom. The van der Waals surface area contributed by atoms with Gasteiger partial charge < -0.3 is 18.1 Å². The predicted octanol–water partition coefficient (Wildman–Crippen LogP) is 9.80. The fourth-order valence-electron chi connectivity index (χ4n) is 3.41. The van der Waals surface area contributed by atoms with Crippen molar-refractivity contribution in [2.45, 2.75) is 18.7 Å². The van der Waals surface area contributed by atoms with Crippen molar-refractivity contribution < 1.29 is 39.9 Å². The van der Waals surface area contributed by atoms with Gasteiger partial charge in [0.15, 0.2) is 0 Å². The van der Waals surface area contributed by atoms with Crippen LogP contribution < -0.4 is 18.1 Å². The Balaban J connectivity index is 0.00000127. The van der Waals surface area contributed by atoms with Crippen LogP contribution in [-0.2, 0) is 21.8 Å². The van der Waals surface area contributed by atoms with Gasteiger partial charge in [-0.2, -0.15) is 0 Å². The maximum atomic E-state index is 14.5. The summed E-state index contributed by atoms with van der Waals surface area (Å²) in [5.74, 6) is 1.26. The van der Waals surface area contributed by atoms with E-state index in [1.165, 1.54) is 0 Å². The summed E-state index contributed by atoms with van der Waals surface area (Å²) < 4.78 is 53.0. The molecule has 38 heavy (non-hydrogen) atoms. The van der Waals surface area contributed by atoms with Gasteiger partial charge >= 0.3 is 48.2 Å². The molecule has 0 aliphatic carbocycles. The summed E-state index contributed by atoms with van der Waals surface area (Å²) in [7, 11) is 1.04. The monoisotopic (exact) mass is 636 g/mol. The Kier molecular flexibility index (Phi) is 12.1. The Bertz CT molecular complexity index is 1130. The van der Waals surface area contributed by atoms with Crippen LogP contribution in [0, 0.1) is 0 Å². The van der Waals surface area contributed by atoms with Crippen LogP contribution in [0.3, 0.4) is 0 Å². The van der Waals surface area contributed by atoms with Crippen LogP contribution in [0.2, 0.25) is 0 Å². The van der Waals surface area contributed by atoms with Gasteiger partial charge in [0.05, 0.1) is 0 Å². The molecule has 0 radical (unpaired) electrons. The van der Waals surface area contributed by atoms with Crippen molar-refractivity contribution >= 4 is 35.6 Å². The van der Waals surface area contributed by atoms with Crippen LogP contribution in [0.4, 0.5) is 0 Å². The average Bonchev–Trinajstić information content (AvgIpc) is 2.91. The fraction of sp³-hybridized carbons (Fsp3) is 0.111. The quantitative estimate of drug-likeness (QED) is 0.120. The number of rotatable bonds is 11. The molecule has 0 bridgehead atoms. The van der Waals surface area contributed by atoms with Gasteiger partial charge in [0.1, 0.15) is 23.0 Å². The Morgan fingerprint density at radius 3 is 0.947 bits per heavy atom. The Hall–Kier alpha value is -2.39. The average molecular weight is 638 g/mol. The normalized spacial score (nSPS) is 11.3. The van der Waals surface area contributed by atoms with Crippen molar-refractivity contribution in [3.05, 3.63) is 121 Å². The van der Waals surface area contributed by atoms with E-state index in [4.69, 9.17) is 38.5 Å². The van der Waals surface area contributed by atoms with Crippen LogP contribution in [0.25, 0.3) is 0 Å². The van der Waals surface area contributed by atoms with Crippen molar-refractivity contribution in [1.82, 2.24) is 0 Å². The Labute approximate surface area is 237 Å². The molecule has 0 spiro atoms. The number of hydrogen-bond acceptors (Lipinski definition) is 6. The van der Waals surface area contributed by atoms with E-state index in [-0.39, 0.29) is 6.42 Å². The van der Waals surface area contributed by atoms with E-state index < -0.39 is 20.6 Å². The van der Waals surface area contributed by atoms with E-state index in [0.717, 1.165) is 0 Å². The first-order valence-electron chi connectivity index (χ1n) is 11.4.